The number of furan rings is 1. The quantitative estimate of drug-likeness (QED) is 0.160. The summed E-state index contributed by atoms with van der Waals surface area (Å²) in [5.41, 5.74) is 16.2. The van der Waals surface area contributed by atoms with Gasteiger partial charge in [-0.25, -0.2) is 0 Å². The van der Waals surface area contributed by atoms with E-state index in [1.165, 1.54) is 38.0 Å². The first-order valence-corrected chi connectivity index (χ1v) is 23.3. The molecule has 4 nitrogen and oxygen atoms in total. The summed E-state index contributed by atoms with van der Waals surface area (Å²) in [5.74, 6) is 0. The first-order valence-electron chi connectivity index (χ1n) is 23.3. The van der Waals surface area contributed by atoms with E-state index in [-0.39, 0.29) is 0 Å². The third-order valence-electron chi connectivity index (χ3n) is 13.9. The number of fused-ring (bicyclic) bond motifs is 10. The van der Waals surface area contributed by atoms with E-state index in [0.29, 0.717) is 0 Å². The van der Waals surface area contributed by atoms with Crippen LogP contribution in [0.4, 0.5) is 17.1 Å². The zero-order valence-electron chi connectivity index (χ0n) is 36.9. The fraction of sp³-hybridized carbons (Fsp3) is 0. The molecule has 0 fully saturated rings. The largest absolute Gasteiger partial charge is 0.455 e. The summed E-state index contributed by atoms with van der Waals surface area (Å²) in [6, 6.07) is 89.9. The molecule has 4 heteroatoms. The predicted octanol–water partition coefficient (Wildman–Crippen LogP) is 17.7. The average molecular weight is 868 g/mol. The molecule has 318 valence electrons. The molecule has 0 amide bonds. The minimum atomic E-state index is 0.873. The molecule has 0 radical (unpaired) electrons. The van der Waals surface area contributed by atoms with E-state index in [0.717, 1.165) is 89.0 Å². The molecule has 11 aromatic carbocycles. The van der Waals surface area contributed by atoms with Gasteiger partial charge in [0.2, 0.25) is 0 Å². The predicted molar refractivity (Wildman–Crippen MR) is 285 cm³/mol. The summed E-state index contributed by atoms with van der Waals surface area (Å²) >= 11 is 0. The summed E-state index contributed by atoms with van der Waals surface area (Å²) < 4.78 is 11.8. The molecule has 0 saturated heterocycles. The smallest absolute Gasteiger partial charge is 0.143 e. The Labute approximate surface area is 392 Å². The maximum absolute atomic E-state index is 6.91. The summed E-state index contributed by atoms with van der Waals surface area (Å²) in [7, 11) is 0. The van der Waals surface area contributed by atoms with E-state index in [4.69, 9.17) is 4.42 Å². The van der Waals surface area contributed by atoms with E-state index in [1.54, 1.807) is 0 Å². The van der Waals surface area contributed by atoms with Gasteiger partial charge in [0.1, 0.15) is 11.2 Å². The van der Waals surface area contributed by atoms with E-state index < -0.39 is 0 Å². The lowest BCUT2D eigenvalue weighted by Crippen LogP contribution is -2.14. The van der Waals surface area contributed by atoms with Gasteiger partial charge in [-0.05, 0) is 89.1 Å². The summed E-state index contributed by atoms with van der Waals surface area (Å²) in [5, 5.41) is 9.51. The third kappa shape index (κ3) is 5.81. The molecule has 68 heavy (non-hydrogen) atoms. The van der Waals surface area contributed by atoms with Crippen LogP contribution < -0.4 is 4.90 Å². The van der Waals surface area contributed by atoms with Crippen molar-refractivity contribution >= 4 is 93.4 Å². The second-order valence-electron chi connectivity index (χ2n) is 17.6. The molecule has 0 unspecified atom stereocenters. The zero-order chi connectivity index (χ0) is 44.7. The molecule has 0 spiro atoms. The molecule has 0 aliphatic rings. The number of nitrogens with zero attached hydrogens (tertiary/aromatic N) is 3. The summed E-state index contributed by atoms with van der Waals surface area (Å²) in [6.45, 7) is 0. The first-order chi connectivity index (χ1) is 33.8. The molecule has 3 heterocycles. The van der Waals surface area contributed by atoms with Crippen LogP contribution >= 0.6 is 0 Å². The highest BCUT2D eigenvalue weighted by Crippen LogP contribution is 2.48. The lowest BCUT2D eigenvalue weighted by molar-refractivity contribution is 0.670. The molecule has 0 bridgehead atoms. The maximum atomic E-state index is 6.91. The van der Waals surface area contributed by atoms with E-state index in [9.17, 15) is 0 Å². The Bertz CT molecular complexity index is 4180. The molecule has 0 atom stereocenters. The van der Waals surface area contributed by atoms with Crippen LogP contribution in [0.25, 0.3) is 110 Å². The van der Waals surface area contributed by atoms with Crippen molar-refractivity contribution in [1.82, 2.24) is 9.13 Å². The van der Waals surface area contributed by atoms with Gasteiger partial charge in [0.05, 0.1) is 44.8 Å². The van der Waals surface area contributed by atoms with Gasteiger partial charge in [-0.15, -0.1) is 0 Å². The Hall–Kier alpha value is -9.12. The van der Waals surface area contributed by atoms with Crippen molar-refractivity contribution in [1.29, 1.82) is 0 Å². The number of rotatable bonds is 7. The molecule has 14 rings (SSSR count). The zero-order valence-corrected chi connectivity index (χ0v) is 36.9. The molecular weight excluding hydrogens is 827 g/mol. The highest BCUT2D eigenvalue weighted by Gasteiger charge is 2.25. The molecule has 3 aromatic heterocycles. The van der Waals surface area contributed by atoms with Gasteiger partial charge in [-0.1, -0.05) is 176 Å². The van der Waals surface area contributed by atoms with Crippen molar-refractivity contribution in [2.45, 2.75) is 0 Å². The van der Waals surface area contributed by atoms with Crippen LogP contribution in [0.5, 0.6) is 0 Å². The Morgan fingerprint density at radius 2 is 0.765 bits per heavy atom. The lowest BCUT2D eigenvalue weighted by Gasteiger charge is -2.30. The van der Waals surface area contributed by atoms with Crippen LogP contribution in [-0.4, -0.2) is 9.13 Å². The van der Waals surface area contributed by atoms with E-state index >= 15 is 0 Å². The Morgan fingerprint density at radius 3 is 1.40 bits per heavy atom. The van der Waals surface area contributed by atoms with Gasteiger partial charge < -0.3 is 18.5 Å². The molecule has 0 N–H and O–H groups in total. The standard InChI is InChI=1S/C64H41N3O/c1-2-19-44-41-63-54(40-43(44)18-1)53-27-17-26-52(64(53)68-63)51-25-8-10-29-56(51)65(61-34-15-16-35-62(61)67-59-32-13-6-23-49(59)50-24-7-14-33-60(50)67)45-38-36-42(37-39-45)46-20-3-9-28-55(46)66-57-30-11-4-21-47(57)48-22-5-12-31-58(48)66/h1-41H. The van der Waals surface area contributed by atoms with Crippen LogP contribution in [0, 0.1) is 0 Å². The van der Waals surface area contributed by atoms with Gasteiger partial charge >= 0.3 is 0 Å². The average Bonchev–Trinajstić information content (AvgIpc) is 4.06. The molecule has 0 aliphatic heterocycles. The number of aromatic nitrogens is 2. The molecule has 14 aromatic rings. The minimum absolute atomic E-state index is 0.873. The summed E-state index contributed by atoms with van der Waals surface area (Å²) in [6.07, 6.45) is 0. The second kappa shape index (κ2) is 15.2. The van der Waals surface area contributed by atoms with Gasteiger partial charge in [-0.3, -0.25) is 0 Å². The number of para-hydroxylation sites is 9. The normalized spacial score (nSPS) is 11.8. The number of benzene rings is 11. The van der Waals surface area contributed by atoms with Crippen molar-refractivity contribution in [2.24, 2.45) is 0 Å². The molecule has 0 aliphatic carbocycles. The van der Waals surface area contributed by atoms with Gasteiger partial charge in [0.25, 0.3) is 0 Å². The van der Waals surface area contributed by atoms with Gasteiger partial charge in [0, 0.05) is 54.7 Å². The minimum Gasteiger partial charge on any atom is -0.455 e. The lowest BCUT2D eigenvalue weighted by atomic mass is 9.98. The Balaban J connectivity index is 0.992. The van der Waals surface area contributed by atoms with Crippen molar-refractivity contribution in [3.63, 3.8) is 0 Å². The number of anilines is 3. The Morgan fingerprint density at radius 1 is 0.309 bits per heavy atom. The van der Waals surface area contributed by atoms with Crippen LogP contribution in [0.2, 0.25) is 0 Å². The van der Waals surface area contributed by atoms with Crippen LogP contribution in [0.1, 0.15) is 0 Å². The maximum Gasteiger partial charge on any atom is 0.143 e. The van der Waals surface area contributed by atoms with Crippen molar-refractivity contribution in [3.8, 4) is 33.6 Å². The summed E-state index contributed by atoms with van der Waals surface area (Å²) in [4.78, 5) is 2.44. The number of hydrogen-bond acceptors (Lipinski definition) is 2. The fourth-order valence-corrected chi connectivity index (χ4v) is 10.9. The van der Waals surface area contributed by atoms with E-state index in [2.05, 4.69) is 263 Å². The van der Waals surface area contributed by atoms with E-state index in [1.807, 2.05) is 0 Å². The second-order valence-corrected chi connectivity index (χ2v) is 17.6. The van der Waals surface area contributed by atoms with Crippen LogP contribution in [0.3, 0.4) is 0 Å². The van der Waals surface area contributed by atoms with Crippen LogP contribution in [-0.2, 0) is 0 Å². The SMILES string of the molecule is c1ccc(N(c2ccc(-c3ccccc3-n3c4ccccc4c4ccccc43)cc2)c2ccccc2-n2c3ccccc3c3ccccc32)c(-c2cccc3c2oc2cc4ccccc4cc23)c1. The highest BCUT2D eigenvalue weighted by atomic mass is 16.3. The van der Waals surface area contributed by atoms with Gasteiger partial charge in [0.15, 0.2) is 0 Å². The monoisotopic (exact) mass is 867 g/mol. The Kier molecular flexibility index (Phi) is 8.55. The first kappa shape index (κ1) is 38.2. The topological polar surface area (TPSA) is 26.2 Å². The fourth-order valence-electron chi connectivity index (χ4n) is 10.9. The highest BCUT2D eigenvalue weighted by molar-refractivity contribution is 6.15. The molecule has 0 saturated carbocycles. The van der Waals surface area contributed by atoms with Crippen LogP contribution in [0.15, 0.2) is 253 Å². The molecular formula is C64H41N3O. The van der Waals surface area contributed by atoms with Crippen molar-refractivity contribution < 1.29 is 4.42 Å². The van der Waals surface area contributed by atoms with Crippen molar-refractivity contribution in [2.75, 3.05) is 4.90 Å². The van der Waals surface area contributed by atoms with Crippen molar-refractivity contribution in [3.05, 3.63) is 249 Å². The number of hydrogen-bond donors (Lipinski definition) is 0. The van der Waals surface area contributed by atoms with Gasteiger partial charge in [-0.2, -0.15) is 0 Å². The third-order valence-corrected chi connectivity index (χ3v) is 13.9.